The van der Waals surface area contributed by atoms with Gasteiger partial charge >= 0.3 is 12.1 Å². The summed E-state index contributed by atoms with van der Waals surface area (Å²) in [6.45, 7) is 7.87. The second kappa shape index (κ2) is 14.6. The third-order valence-corrected chi connectivity index (χ3v) is 7.91. The third kappa shape index (κ3) is 9.18. The number of carbonyl (C=O) groups excluding carboxylic acids is 2. The maximum atomic E-state index is 13.6. The molecule has 1 heterocycles. The van der Waals surface area contributed by atoms with Crippen molar-refractivity contribution in [3.8, 4) is 16.9 Å². The summed E-state index contributed by atoms with van der Waals surface area (Å²) in [5, 5.41) is 20.2. The monoisotopic (exact) mass is 668 g/mol. The Bertz CT molecular complexity index is 1660. The average molecular weight is 669 g/mol. The van der Waals surface area contributed by atoms with Crippen molar-refractivity contribution in [2.45, 2.75) is 58.2 Å². The summed E-state index contributed by atoms with van der Waals surface area (Å²) in [6, 6.07) is 11.1. The van der Waals surface area contributed by atoms with Crippen molar-refractivity contribution in [1.82, 2.24) is 19.5 Å². The summed E-state index contributed by atoms with van der Waals surface area (Å²) >= 11 is 0. The molecule has 1 aromatic heterocycles. The first kappa shape index (κ1) is 35.8. The molecular formula is C29H35F3N6O7S. The molecule has 2 aromatic carbocycles. The van der Waals surface area contributed by atoms with Crippen LogP contribution in [0.5, 0.6) is 0 Å². The molecular weight excluding hydrogens is 633 g/mol. The molecule has 0 aliphatic carbocycles. The summed E-state index contributed by atoms with van der Waals surface area (Å²) < 4.78 is 74.7. The Morgan fingerprint density at radius 1 is 1.09 bits per heavy atom. The summed E-state index contributed by atoms with van der Waals surface area (Å²) in [6.07, 6.45) is -4.69. The minimum absolute atomic E-state index is 0.0377. The van der Waals surface area contributed by atoms with Gasteiger partial charge in [0.2, 0.25) is 5.28 Å². The van der Waals surface area contributed by atoms with Gasteiger partial charge in [0.05, 0.1) is 34.2 Å². The number of halogens is 3. The highest BCUT2D eigenvalue weighted by atomic mass is 32.2. The lowest BCUT2D eigenvalue weighted by molar-refractivity contribution is -0.711. The highest BCUT2D eigenvalue weighted by molar-refractivity contribution is 7.90. The number of carbonyl (C=O) groups is 2. The van der Waals surface area contributed by atoms with E-state index in [1.165, 1.54) is 19.2 Å². The van der Waals surface area contributed by atoms with Crippen molar-refractivity contribution < 1.29 is 45.7 Å². The van der Waals surface area contributed by atoms with Gasteiger partial charge < -0.3 is 14.8 Å². The fourth-order valence-corrected chi connectivity index (χ4v) is 5.06. The number of likely N-dealkylation sites (N-methyl/N-ethyl adjacent to an activating group) is 1. The van der Waals surface area contributed by atoms with E-state index in [9.17, 15) is 36.4 Å². The fourth-order valence-electron chi connectivity index (χ4n) is 4.05. The van der Waals surface area contributed by atoms with Crippen molar-refractivity contribution in [3.63, 3.8) is 0 Å². The number of nitrogens with one attached hydrogen (secondary N) is 1. The molecule has 0 fully saturated rings. The van der Waals surface area contributed by atoms with E-state index in [2.05, 4.69) is 15.2 Å². The Morgan fingerprint density at radius 2 is 1.70 bits per heavy atom. The Kier molecular flexibility index (Phi) is 11.4. The lowest BCUT2D eigenvalue weighted by atomic mass is 10.0. The van der Waals surface area contributed by atoms with Gasteiger partial charge in [-0.2, -0.15) is 18.3 Å². The number of rotatable bonds is 13. The van der Waals surface area contributed by atoms with Crippen LogP contribution in [-0.4, -0.2) is 59.9 Å². The molecule has 17 heteroatoms. The number of aryl methyl sites for hydroxylation is 1. The van der Waals surface area contributed by atoms with Crippen LogP contribution < -0.4 is 4.72 Å². The van der Waals surface area contributed by atoms with Crippen LogP contribution in [0.2, 0.25) is 0 Å². The van der Waals surface area contributed by atoms with Crippen LogP contribution in [-0.2, 0) is 35.4 Å². The van der Waals surface area contributed by atoms with Gasteiger partial charge in [0, 0.05) is 5.56 Å². The molecule has 1 atom stereocenters. The van der Waals surface area contributed by atoms with Crippen LogP contribution in [0.25, 0.3) is 16.9 Å². The number of sulfonamides is 1. The molecule has 0 aliphatic heterocycles. The van der Waals surface area contributed by atoms with Gasteiger partial charge in [-0.1, -0.05) is 57.5 Å². The van der Waals surface area contributed by atoms with Crippen molar-refractivity contribution in [3.05, 3.63) is 71.1 Å². The van der Waals surface area contributed by atoms with Crippen LogP contribution >= 0.6 is 0 Å². The van der Waals surface area contributed by atoms with Crippen LogP contribution in [0.3, 0.4) is 0 Å². The van der Waals surface area contributed by atoms with Crippen LogP contribution in [0.1, 0.15) is 45.4 Å². The Hall–Kier alpha value is -4.67. The van der Waals surface area contributed by atoms with Gasteiger partial charge in [0.15, 0.2) is 11.7 Å². The lowest BCUT2D eigenvalue weighted by Gasteiger charge is -2.24. The van der Waals surface area contributed by atoms with Crippen molar-refractivity contribution in [2.75, 3.05) is 13.8 Å². The number of aromatic nitrogens is 2. The second-order valence-electron chi connectivity index (χ2n) is 11.1. The fraction of sp³-hybridized carbons (Fsp3) is 0.414. The Labute approximate surface area is 264 Å². The first-order chi connectivity index (χ1) is 21.4. The van der Waals surface area contributed by atoms with Gasteiger partial charge in [-0.3, -0.25) is 9.59 Å². The standard InChI is InChI=1S/C29H35F3N6O7S/c1-18(2)15-25(36(6)38(41)35-45-17-44-28(40)19(3)4)27(39)34-46(42,43)23-13-11-22(12-14-23)37-24(16-26(33-37)29(30,31)32)21-9-7-20(5)8-10-21/h7-14,16,18-19,25H,15,17H2,1-6H3,(H,34,39)/t25-/m0/s1. The van der Waals surface area contributed by atoms with Crippen molar-refractivity contribution in [2.24, 2.45) is 17.1 Å². The maximum absolute atomic E-state index is 13.6. The molecule has 1 N–H and O–H groups in total. The molecule has 0 unspecified atom stereocenters. The smallest absolute Gasteiger partial charge is 0.435 e. The van der Waals surface area contributed by atoms with Crippen LogP contribution in [0.4, 0.5) is 13.2 Å². The van der Waals surface area contributed by atoms with Crippen LogP contribution in [0, 0.1) is 24.0 Å². The number of hydrogen-bond acceptors (Lipinski definition) is 9. The predicted molar refractivity (Wildman–Crippen MR) is 158 cm³/mol. The maximum Gasteiger partial charge on any atom is 0.435 e. The number of benzene rings is 2. The minimum Gasteiger partial charge on any atom is -0.569 e. The van der Waals surface area contributed by atoms with E-state index in [0.717, 1.165) is 33.5 Å². The Morgan fingerprint density at radius 3 is 2.24 bits per heavy atom. The number of alkyl halides is 3. The zero-order valence-corrected chi connectivity index (χ0v) is 26.8. The van der Waals surface area contributed by atoms with E-state index in [4.69, 9.17) is 4.74 Å². The number of hydrogen-bond donors (Lipinski definition) is 1. The molecule has 0 saturated carbocycles. The van der Waals surface area contributed by atoms with E-state index in [1.807, 2.05) is 11.6 Å². The van der Waals surface area contributed by atoms with E-state index in [-0.39, 0.29) is 33.6 Å². The zero-order chi connectivity index (χ0) is 34.4. The van der Waals surface area contributed by atoms with Crippen molar-refractivity contribution >= 4 is 21.9 Å². The third-order valence-electron chi connectivity index (χ3n) is 6.54. The molecule has 3 aromatic rings. The number of amides is 1. The molecule has 0 bridgehead atoms. The molecule has 0 radical (unpaired) electrons. The molecule has 0 aliphatic rings. The lowest BCUT2D eigenvalue weighted by Crippen LogP contribution is -2.49. The minimum atomic E-state index is -4.72. The van der Waals surface area contributed by atoms with Crippen molar-refractivity contribution in [1.29, 1.82) is 0 Å². The van der Waals surface area contributed by atoms with E-state index >= 15 is 0 Å². The molecule has 0 saturated heterocycles. The second-order valence-corrected chi connectivity index (χ2v) is 12.8. The molecule has 3 rings (SSSR count). The van der Waals surface area contributed by atoms with Gasteiger partial charge in [-0.05, 0) is 49.6 Å². The molecule has 46 heavy (non-hydrogen) atoms. The molecule has 1 amide bonds. The Balaban J connectivity index is 1.83. The average Bonchev–Trinajstić information content (AvgIpc) is 3.44. The molecule has 0 spiro atoms. The van der Waals surface area contributed by atoms with E-state index in [1.54, 1.807) is 52.0 Å². The number of esters is 1. The number of ether oxygens (including phenoxy) is 1. The topological polar surface area (TPSA) is 158 Å². The van der Waals surface area contributed by atoms with Gasteiger partial charge in [0.1, 0.15) is 0 Å². The normalized spacial score (nSPS) is 13.1. The first-order valence-corrected chi connectivity index (χ1v) is 15.5. The number of nitrogens with zero attached hydrogens (tertiary/aromatic N) is 5. The highest BCUT2D eigenvalue weighted by Gasteiger charge is 2.36. The van der Waals surface area contributed by atoms with Crippen LogP contribution in [0.15, 0.2) is 64.8 Å². The predicted octanol–water partition coefficient (Wildman–Crippen LogP) is 4.98. The van der Waals surface area contributed by atoms with Gasteiger partial charge in [0.25, 0.3) is 22.7 Å². The molecule has 250 valence electrons. The highest BCUT2D eigenvalue weighted by Crippen LogP contribution is 2.33. The summed E-state index contributed by atoms with van der Waals surface area (Å²) in [5.74, 6) is -2.24. The van der Waals surface area contributed by atoms with Gasteiger partial charge in [-0.15, -0.1) is 5.01 Å². The SMILES string of the molecule is Cc1ccc(-c2cc(C(F)(F)F)nn2-c2ccc(S(=O)(=O)NC(=O)[C@H](CC(C)C)N(C)[N+]([O-])=NOCOC(=O)C(C)C)cc2)cc1. The van der Waals surface area contributed by atoms with E-state index < -0.39 is 52.5 Å². The quantitative estimate of drug-likeness (QED) is 0.0662. The largest absolute Gasteiger partial charge is 0.569 e. The van der Waals surface area contributed by atoms with Gasteiger partial charge in [-0.25, -0.2) is 17.8 Å². The molecule has 13 nitrogen and oxygen atoms in total. The number of hydrazine groups is 1. The zero-order valence-electron chi connectivity index (χ0n) is 26.0. The summed E-state index contributed by atoms with van der Waals surface area (Å²) in [5.41, 5.74) is 0.494. The summed E-state index contributed by atoms with van der Waals surface area (Å²) in [4.78, 5) is 28.9. The first-order valence-electron chi connectivity index (χ1n) is 14.0. The van der Waals surface area contributed by atoms with E-state index in [0.29, 0.717) is 5.56 Å². The summed E-state index contributed by atoms with van der Waals surface area (Å²) in [7, 11) is -3.30.